The predicted octanol–water partition coefficient (Wildman–Crippen LogP) is 1.98. The Morgan fingerprint density at radius 2 is 2.10 bits per heavy atom. The van der Waals surface area contributed by atoms with Gasteiger partial charge >= 0.3 is 0 Å². The number of nitrogens with one attached hydrogen (secondary N) is 1. The Balaban J connectivity index is 2.29. The van der Waals surface area contributed by atoms with Gasteiger partial charge in [0.2, 0.25) is 10.0 Å². The topological polar surface area (TPSA) is 58.6 Å². The maximum Gasteiger partial charge on any atom is 0.243 e. The molecule has 6 heteroatoms. The van der Waals surface area contributed by atoms with Gasteiger partial charge in [0.05, 0.1) is 12.0 Å². The molecule has 1 N–H and O–H groups in total. The molecule has 1 saturated carbocycles. The first-order chi connectivity index (χ1) is 10.0. The van der Waals surface area contributed by atoms with Crippen LogP contribution in [0.4, 0.5) is 0 Å². The lowest BCUT2D eigenvalue weighted by Crippen LogP contribution is -2.41. The summed E-state index contributed by atoms with van der Waals surface area (Å²) < 4.78 is 32.1. The molecule has 1 fully saturated rings. The molecule has 0 radical (unpaired) electrons. The first-order valence-corrected chi connectivity index (χ1v) is 8.80. The molecule has 0 heterocycles. The van der Waals surface area contributed by atoms with Crippen molar-refractivity contribution in [1.82, 2.24) is 9.62 Å². The van der Waals surface area contributed by atoms with Crippen LogP contribution in [-0.4, -0.2) is 39.5 Å². The maximum absolute atomic E-state index is 12.7. The Morgan fingerprint density at radius 3 is 2.62 bits per heavy atom. The van der Waals surface area contributed by atoms with Crippen LogP contribution in [0.2, 0.25) is 0 Å². The SMILES string of the molecule is CCNCc1cc(S(=O)(=O)N(C)C2CCC2)ccc1OC. The van der Waals surface area contributed by atoms with Crippen LogP contribution in [0.3, 0.4) is 0 Å². The van der Waals surface area contributed by atoms with Crippen LogP contribution in [0, 0.1) is 0 Å². The number of sulfonamides is 1. The van der Waals surface area contributed by atoms with E-state index in [1.165, 1.54) is 4.31 Å². The monoisotopic (exact) mass is 312 g/mol. The number of ether oxygens (including phenoxy) is 1. The first kappa shape index (κ1) is 16.3. The van der Waals surface area contributed by atoms with E-state index < -0.39 is 10.0 Å². The average Bonchev–Trinajstić information content (AvgIpc) is 2.42. The van der Waals surface area contributed by atoms with Gasteiger partial charge in [-0.1, -0.05) is 13.3 Å². The third-order valence-electron chi connectivity index (χ3n) is 4.08. The van der Waals surface area contributed by atoms with Crippen molar-refractivity contribution in [3.05, 3.63) is 23.8 Å². The Kier molecular flexibility index (Phi) is 5.24. The van der Waals surface area contributed by atoms with Crippen LogP contribution >= 0.6 is 0 Å². The average molecular weight is 312 g/mol. The van der Waals surface area contributed by atoms with E-state index in [0.717, 1.165) is 31.4 Å². The fourth-order valence-corrected chi connectivity index (χ4v) is 3.89. The van der Waals surface area contributed by atoms with E-state index >= 15 is 0 Å². The van der Waals surface area contributed by atoms with Crippen molar-refractivity contribution in [1.29, 1.82) is 0 Å². The Labute approximate surface area is 127 Å². The zero-order valence-corrected chi connectivity index (χ0v) is 13.7. The summed E-state index contributed by atoms with van der Waals surface area (Å²) in [5.41, 5.74) is 0.863. The van der Waals surface area contributed by atoms with Gasteiger partial charge in [0.25, 0.3) is 0 Å². The van der Waals surface area contributed by atoms with E-state index in [2.05, 4.69) is 5.32 Å². The molecule has 0 spiro atoms. The third kappa shape index (κ3) is 3.39. The molecular formula is C15H24N2O3S. The van der Waals surface area contributed by atoms with Crippen molar-refractivity contribution in [2.24, 2.45) is 0 Å². The molecule has 1 aliphatic rings. The van der Waals surface area contributed by atoms with Gasteiger partial charge < -0.3 is 10.1 Å². The van der Waals surface area contributed by atoms with Crippen LogP contribution < -0.4 is 10.1 Å². The van der Waals surface area contributed by atoms with Gasteiger partial charge in [-0.05, 0) is 37.6 Å². The molecule has 0 unspecified atom stereocenters. The Hall–Kier alpha value is -1.11. The Morgan fingerprint density at radius 1 is 1.38 bits per heavy atom. The van der Waals surface area contributed by atoms with Gasteiger partial charge in [0.15, 0.2) is 0 Å². The van der Waals surface area contributed by atoms with Gasteiger partial charge in [-0.25, -0.2) is 8.42 Å². The van der Waals surface area contributed by atoms with Crippen molar-refractivity contribution in [2.75, 3.05) is 20.7 Å². The summed E-state index contributed by atoms with van der Waals surface area (Å²) in [7, 11) is -0.151. The summed E-state index contributed by atoms with van der Waals surface area (Å²) in [6.07, 6.45) is 3.02. The quantitative estimate of drug-likeness (QED) is 0.836. The van der Waals surface area contributed by atoms with Crippen molar-refractivity contribution < 1.29 is 13.2 Å². The standard InChI is InChI=1S/C15H24N2O3S/c1-4-16-11-12-10-14(8-9-15(12)20-3)21(18,19)17(2)13-6-5-7-13/h8-10,13,16H,4-7,11H2,1-3H3. The number of methoxy groups -OCH3 is 1. The minimum absolute atomic E-state index is 0.148. The fraction of sp³-hybridized carbons (Fsp3) is 0.600. The van der Waals surface area contributed by atoms with Crippen LogP contribution in [0.25, 0.3) is 0 Å². The highest BCUT2D eigenvalue weighted by Gasteiger charge is 2.32. The summed E-state index contributed by atoms with van der Waals surface area (Å²) in [6.45, 7) is 3.43. The van der Waals surface area contributed by atoms with Gasteiger partial charge in [0, 0.05) is 25.2 Å². The molecule has 0 amide bonds. The molecule has 1 aliphatic carbocycles. The van der Waals surface area contributed by atoms with Gasteiger partial charge in [-0.3, -0.25) is 0 Å². The second kappa shape index (κ2) is 6.77. The largest absolute Gasteiger partial charge is 0.496 e. The maximum atomic E-state index is 12.7. The summed E-state index contributed by atoms with van der Waals surface area (Å²) in [5, 5.41) is 3.20. The van der Waals surface area contributed by atoms with Crippen molar-refractivity contribution in [2.45, 2.75) is 43.7 Å². The minimum Gasteiger partial charge on any atom is -0.496 e. The number of nitrogens with zero attached hydrogens (tertiary/aromatic N) is 1. The van der Waals surface area contributed by atoms with Crippen molar-refractivity contribution in [3.8, 4) is 5.75 Å². The molecule has 118 valence electrons. The normalized spacial score (nSPS) is 16.0. The second-order valence-corrected chi connectivity index (χ2v) is 7.36. The zero-order chi connectivity index (χ0) is 15.5. The molecule has 2 rings (SSSR count). The third-order valence-corrected chi connectivity index (χ3v) is 5.99. The number of rotatable bonds is 7. The minimum atomic E-state index is -3.42. The van der Waals surface area contributed by atoms with E-state index in [0.29, 0.717) is 17.2 Å². The summed E-state index contributed by atoms with van der Waals surface area (Å²) in [5.74, 6) is 0.709. The lowest BCUT2D eigenvalue weighted by molar-refractivity contribution is 0.249. The second-order valence-electron chi connectivity index (χ2n) is 5.36. The highest BCUT2D eigenvalue weighted by atomic mass is 32.2. The summed E-state index contributed by atoms with van der Waals surface area (Å²) in [4.78, 5) is 0.339. The lowest BCUT2D eigenvalue weighted by Gasteiger charge is -2.33. The first-order valence-electron chi connectivity index (χ1n) is 7.36. The van der Waals surface area contributed by atoms with E-state index in [4.69, 9.17) is 4.74 Å². The van der Waals surface area contributed by atoms with E-state index in [1.807, 2.05) is 6.92 Å². The molecule has 0 atom stereocenters. The zero-order valence-electron chi connectivity index (χ0n) is 12.9. The predicted molar refractivity (Wildman–Crippen MR) is 83.0 cm³/mol. The molecular weight excluding hydrogens is 288 g/mol. The molecule has 21 heavy (non-hydrogen) atoms. The Bertz CT molecular complexity index is 583. The number of hydrogen-bond donors (Lipinski definition) is 1. The van der Waals surface area contributed by atoms with E-state index in [1.54, 1.807) is 32.4 Å². The molecule has 0 aromatic heterocycles. The molecule has 0 saturated heterocycles. The highest BCUT2D eigenvalue weighted by Crippen LogP contribution is 2.30. The van der Waals surface area contributed by atoms with E-state index in [9.17, 15) is 8.42 Å². The lowest BCUT2D eigenvalue weighted by atomic mass is 9.94. The summed E-state index contributed by atoms with van der Waals surface area (Å²) >= 11 is 0. The van der Waals surface area contributed by atoms with Gasteiger partial charge in [-0.2, -0.15) is 4.31 Å². The molecule has 0 aliphatic heterocycles. The highest BCUT2D eigenvalue weighted by molar-refractivity contribution is 7.89. The summed E-state index contributed by atoms with van der Waals surface area (Å²) in [6, 6.07) is 5.22. The number of hydrogen-bond acceptors (Lipinski definition) is 4. The van der Waals surface area contributed by atoms with Gasteiger partial charge in [-0.15, -0.1) is 0 Å². The number of benzene rings is 1. The van der Waals surface area contributed by atoms with E-state index in [-0.39, 0.29) is 6.04 Å². The van der Waals surface area contributed by atoms with Crippen molar-refractivity contribution in [3.63, 3.8) is 0 Å². The van der Waals surface area contributed by atoms with Gasteiger partial charge in [0.1, 0.15) is 5.75 Å². The van der Waals surface area contributed by atoms with Crippen LogP contribution in [0.15, 0.2) is 23.1 Å². The van der Waals surface area contributed by atoms with Crippen LogP contribution in [0.5, 0.6) is 5.75 Å². The fourth-order valence-electron chi connectivity index (χ4n) is 2.43. The van der Waals surface area contributed by atoms with Crippen molar-refractivity contribution >= 4 is 10.0 Å². The molecule has 5 nitrogen and oxygen atoms in total. The molecule has 1 aromatic carbocycles. The molecule has 0 bridgehead atoms. The smallest absolute Gasteiger partial charge is 0.243 e. The van der Waals surface area contributed by atoms with Crippen LogP contribution in [0.1, 0.15) is 31.7 Å². The molecule has 1 aromatic rings. The van der Waals surface area contributed by atoms with Crippen LogP contribution in [-0.2, 0) is 16.6 Å².